The van der Waals surface area contributed by atoms with Crippen LogP contribution in [0.15, 0.2) is 47.4 Å². The molecule has 0 spiro atoms. The second-order valence-corrected chi connectivity index (χ2v) is 6.57. The molecule has 3 aromatic rings. The fourth-order valence-electron chi connectivity index (χ4n) is 2.38. The van der Waals surface area contributed by atoms with Gasteiger partial charge >= 0.3 is 0 Å². The zero-order chi connectivity index (χ0) is 14.4. The highest BCUT2D eigenvalue weighted by atomic mass is 35.5. The molecule has 2 aromatic carbocycles. The smallest absolute Gasteiger partial charge is 0.168 e. The third-order valence-electron chi connectivity index (χ3n) is 3.35. The van der Waals surface area contributed by atoms with Gasteiger partial charge in [0.05, 0.1) is 11.4 Å². The minimum absolute atomic E-state index is 0.708. The Morgan fingerprint density at radius 3 is 2.52 bits per heavy atom. The molecule has 0 fully saturated rings. The second-order valence-electron chi connectivity index (χ2n) is 4.68. The zero-order valence-electron chi connectivity index (χ0n) is 10.8. The van der Waals surface area contributed by atoms with Crippen molar-refractivity contribution >= 4 is 35.0 Å². The number of halogens is 2. The lowest BCUT2D eigenvalue weighted by molar-refractivity contribution is 0.923. The quantitative estimate of drug-likeness (QED) is 0.637. The van der Waals surface area contributed by atoms with E-state index in [9.17, 15) is 0 Å². The Morgan fingerprint density at radius 1 is 0.952 bits per heavy atom. The second kappa shape index (κ2) is 5.05. The predicted octanol–water partition coefficient (Wildman–Crippen LogP) is 4.85. The van der Waals surface area contributed by atoms with Crippen molar-refractivity contribution in [1.82, 2.24) is 14.8 Å². The summed E-state index contributed by atoms with van der Waals surface area (Å²) < 4.78 is 2.09. The van der Waals surface area contributed by atoms with Crippen LogP contribution in [0.4, 0.5) is 0 Å². The fourth-order valence-corrected chi connectivity index (χ4v) is 3.73. The van der Waals surface area contributed by atoms with E-state index in [4.69, 9.17) is 23.2 Å². The molecule has 104 valence electrons. The van der Waals surface area contributed by atoms with Gasteiger partial charge in [-0.05, 0) is 42.5 Å². The van der Waals surface area contributed by atoms with E-state index in [0.29, 0.717) is 5.02 Å². The number of hydrogen-bond donors (Lipinski definition) is 0. The Bertz CT molecular complexity index is 827. The highest BCUT2D eigenvalue weighted by Crippen LogP contribution is 2.38. The first-order valence-electron chi connectivity index (χ1n) is 6.35. The van der Waals surface area contributed by atoms with E-state index < -0.39 is 0 Å². The van der Waals surface area contributed by atoms with E-state index >= 15 is 0 Å². The van der Waals surface area contributed by atoms with Crippen molar-refractivity contribution in [2.75, 3.05) is 0 Å². The van der Waals surface area contributed by atoms with E-state index in [2.05, 4.69) is 14.8 Å². The summed E-state index contributed by atoms with van der Waals surface area (Å²) in [5.74, 6) is 2.55. The van der Waals surface area contributed by atoms with Crippen molar-refractivity contribution in [1.29, 1.82) is 0 Å². The number of aromatic nitrogens is 3. The van der Waals surface area contributed by atoms with Gasteiger partial charge in [-0.2, -0.15) is 0 Å². The third-order valence-corrected chi connectivity index (χ3v) is 4.88. The van der Waals surface area contributed by atoms with Gasteiger partial charge in [-0.3, -0.25) is 4.57 Å². The van der Waals surface area contributed by atoms with Gasteiger partial charge in [0.1, 0.15) is 5.82 Å². The van der Waals surface area contributed by atoms with E-state index in [1.807, 2.05) is 42.5 Å². The maximum atomic E-state index is 6.08. The molecule has 0 atom stereocenters. The number of fused-ring (bicyclic) bond motifs is 3. The number of hydrogen-bond acceptors (Lipinski definition) is 3. The Hall–Kier alpha value is -1.49. The van der Waals surface area contributed by atoms with E-state index in [0.717, 1.165) is 38.6 Å². The molecule has 4 rings (SSSR count). The summed E-state index contributed by atoms with van der Waals surface area (Å²) in [7, 11) is 0. The standard InChI is InChI=1S/C15H9Cl2N3S/c16-10-3-1-9(2-4-10)15-19-18-14-8-21-13-7-11(17)5-6-12(13)20(14)15/h1-7H,8H2. The van der Waals surface area contributed by atoms with Gasteiger partial charge in [-0.15, -0.1) is 22.0 Å². The van der Waals surface area contributed by atoms with Crippen molar-refractivity contribution in [3.8, 4) is 17.1 Å². The zero-order valence-corrected chi connectivity index (χ0v) is 13.1. The maximum Gasteiger partial charge on any atom is 0.168 e. The summed E-state index contributed by atoms with van der Waals surface area (Å²) in [6, 6.07) is 13.5. The summed E-state index contributed by atoms with van der Waals surface area (Å²) in [5, 5.41) is 10.1. The SMILES string of the molecule is Clc1ccc(-c2nnc3n2-c2ccc(Cl)cc2SC3)cc1. The molecule has 0 bridgehead atoms. The van der Waals surface area contributed by atoms with Crippen molar-refractivity contribution < 1.29 is 0 Å². The Labute approximate surface area is 135 Å². The van der Waals surface area contributed by atoms with Crippen molar-refractivity contribution in [3.05, 3.63) is 58.3 Å². The topological polar surface area (TPSA) is 30.7 Å². The van der Waals surface area contributed by atoms with Gasteiger partial charge in [0.15, 0.2) is 5.82 Å². The van der Waals surface area contributed by atoms with Crippen LogP contribution in [0.5, 0.6) is 0 Å². The van der Waals surface area contributed by atoms with Gasteiger partial charge in [0.2, 0.25) is 0 Å². The molecule has 0 saturated heterocycles. The average Bonchev–Trinajstić information content (AvgIpc) is 2.92. The van der Waals surface area contributed by atoms with Crippen LogP contribution < -0.4 is 0 Å². The van der Waals surface area contributed by atoms with Crippen LogP contribution in [0.1, 0.15) is 5.82 Å². The van der Waals surface area contributed by atoms with Gasteiger partial charge in [-0.1, -0.05) is 23.2 Å². The normalized spacial score (nSPS) is 12.9. The lowest BCUT2D eigenvalue weighted by Crippen LogP contribution is -2.07. The molecule has 0 aliphatic carbocycles. The van der Waals surface area contributed by atoms with Crippen LogP contribution in [0.3, 0.4) is 0 Å². The van der Waals surface area contributed by atoms with Crippen LogP contribution in [0.2, 0.25) is 10.0 Å². The molecule has 1 aliphatic heterocycles. The van der Waals surface area contributed by atoms with Gasteiger partial charge in [-0.25, -0.2) is 0 Å². The molecular weight excluding hydrogens is 325 g/mol. The summed E-state index contributed by atoms with van der Waals surface area (Å²) in [4.78, 5) is 1.14. The van der Waals surface area contributed by atoms with Crippen LogP contribution in [0, 0.1) is 0 Å². The van der Waals surface area contributed by atoms with Crippen molar-refractivity contribution in [2.24, 2.45) is 0 Å². The number of nitrogens with zero attached hydrogens (tertiary/aromatic N) is 3. The number of thioether (sulfide) groups is 1. The molecule has 3 nitrogen and oxygen atoms in total. The van der Waals surface area contributed by atoms with Crippen LogP contribution in [0.25, 0.3) is 17.1 Å². The summed E-state index contributed by atoms with van der Waals surface area (Å²) >= 11 is 13.8. The number of rotatable bonds is 1. The average molecular weight is 334 g/mol. The summed E-state index contributed by atoms with van der Waals surface area (Å²) in [5.41, 5.74) is 2.06. The van der Waals surface area contributed by atoms with Crippen LogP contribution in [-0.4, -0.2) is 14.8 Å². The number of benzene rings is 2. The van der Waals surface area contributed by atoms with Gasteiger partial charge < -0.3 is 0 Å². The van der Waals surface area contributed by atoms with Crippen molar-refractivity contribution in [3.63, 3.8) is 0 Å². The molecule has 1 aromatic heterocycles. The first-order valence-corrected chi connectivity index (χ1v) is 8.09. The maximum absolute atomic E-state index is 6.08. The Morgan fingerprint density at radius 2 is 1.71 bits per heavy atom. The molecule has 0 N–H and O–H groups in total. The lowest BCUT2D eigenvalue weighted by atomic mass is 10.2. The van der Waals surface area contributed by atoms with E-state index in [1.54, 1.807) is 11.8 Å². The highest BCUT2D eigenvalue weighted by molar-refractivity contribution is 7.98. The molecule has 2 heterocycles. The predicted molar refractivity (Wildman–Crippen MR) is 86.4 cm³/mol. The minimum Gasteiger partial charge on any atom is -0.277 e. The molecule has 1 aliphatic rings. The molecule has 0 amide bonds. The first kappa shape index (κ1) is 13.2. The van der Waals surface area contributed by atoms with Crippen LogP contribution >= 0.6 is 35.0 Å². The molecular formula is C15H9Cl2N3S. The van der Waals surface area contributed by atoms with E-state index in [-0.39, 0.29) is 0 Å². The monoisotopic (exact) mass is 333 g/mol. The Balaban J connectivity index is 1.92. The largest absolute Gasteiger partial charge is 0.277 e. The van der Waals surface area contributed by atoms with Crippen molar-refractivity contribution in [2.45, 2.75) is 10.6 Å². The first-order chi connectivity index (χ1) is 10.2. The summed E-state index contributed by atoms with van der Waals surface area (Å²) in [6.07, 6.45) is 0. The minimum atomic E-state index is 0.708. The molecule has 0 unspecified atom stereocenters. The molecule has 0 radical (unpaired) electrons. The Kier molecular flexibility index (Phi) is 3.17. The molecule has 6 heteroatoms. The van der Waals surface area contributed by atoms with Crippen LogP contribution in [-0.2, 0) is 5.75 Å². The fraction of sp³-hybridized carbons (Fsp3) is 0.0667. The van der Waals surface area contributed by atoms with Gasteiger partial charge in [0, 0.05) is 20.5 Å². The van der Waals surface area contributed by atoms with E-state index in [1.165, 1.54) is 0 Å². The van der Waals surface area contributed by atoms with Gasteiger partial charge in [0.25, 0.3) is 0 Å². The molecule has 21 heavy (non-hydrogen) atoms. The summed E-state index contributed by atoms with van der Waals surface area (Å²) in [6.45, 7) is 0. The lowest BCUT2D eigenvalue weighted by Gasteiger charge is -2.19. The molecule has 0 saturated carbocycles. The third kappa shape index (κ3) is 2.24. The highest BCUT2D eigenvalue weighted by Gasteiger charge is 2.22.